The topological polar surface area (TPSA) is 30.2 Å². The molecule has 2 aliphatic rings. The van der Waals surface area contributed by atoms with Gasteiger partial charge in [-0.25, -0.2) is 4.98 Å². The minimum Gasteiger partial charge on any atom is -0.290 e. The lowest BCUT2D eigenvalue weighted by atomic mass is 9.96. The molecule has 0 amide bonds. The van der Waals surface area contributed by atoms with Crippen molar-refractivity contribution in [2.45, 2.75) is 12.8 Å². The Kier molecular flexibility index (Phi) is 3.14. The molecule has 0 saturated heterocycles. The highest BCUT2D eigenvalue weighted by Gasteiger charge is 2.29. The normalized spacial score (nSPS) is 13.5. The highest BCUT2D eigenvalue weighted by atomic mass is 15.0. The number of benzene rings is 4. The van der Waals surface area contributed by atoms with E-state index < -0.39 is 0 Å². The van der Waals surface area contributed by atoms with Gasteiger partial charge in [0.05, 0.1) is 22.7 Å². The van der Waals surface area contributed by atoms with E-state index in [0.717, 1.165) is 35.0 Å². The Balaban J connectivity index is 1.39. The van der Waals surface area contributed by atoms with Crippen LogP contribution in [0, 0.1) is 0 Å². The number of aromatic nitrogens is 3. The van der Waals surface area contributed by atoms with E-state index in [-0.39, 0.29) is 0 Å². The molecule has 7 aromatic rings. The van der Waals surface area contributed by atoms with Crippen molar-refractivity contribution >= 4 is 38.4 Å². The van der Waals surface area contributed by atoms with Crippen molar-refractivity contribution in [3.05, 3.63) is 114 Å². The molecule has 0 unspecified atom stereocenters. The van der Waals surface area contributed by atoms with Crippen molar-refractivity contribution in [1.82, 2.24) is 14.4 Å². The Labute approximate surface area is 201 Å². The van der Waals surface area contributed by atoms with Gasteiger partial charge in [-0.3, -0.25) is 9.38 Å². The second-order valence-corrected chi connectivity index (χ2v) is 9.80. The average molecular weight is 446 g/mol. The van der Waals surface area contributed by atoms with Gasteiger partial charge in [-0.2, -0.15) is 0 Å². The summed E-state index contributed by atoms with van der Waals surface area (Å²) in [5, 5.41) is 3.78. The van der Waals surface area contributed by atoms with Crippen molar-refractivity contribution in [2.24, 2.45) is 0 Å². The smallest absolute Gasteiger partial charge is 0.146 e. The van der Waals surface area contributed by atoms with Gasteiger partial charge in [0.2, 0.25) is 0 Å². The molecule has 2 aliphatic carbocycles. The van der Waals surface area contributed by atoms with Crippen LogP contribution < -0.4 is 0 Å². The van der Waals surface area contributed by atoms with E-state index in [1.807, 2.05) is 12.4 Å². The molecule has 0 N–H and O–H groups in total. The zero-order valence-electron chi connectivity index (χ0n) is 18.9. The van der Waals surface area contributed by atoms with Crippen molar-refractivity contribution in [3.8, 4) is 22.3 Å². The summed E-state index contributed by atoms with van der Waals surface area (Å²) in [5.41, 5.74) is 15.7. The van der Waals surface area contributed by atoms with Crippen LogP contribution in [-0.4, -0.2) is 14.4 Å². The second kappa shape index (κ2) is 6.13. The molecule has 3 nitrogen and oxygen atoms in total. The van der Waals surface area contributed by atoms with Crippen LogP contribution in [0.1, 0.15) is 22.3 Å². The Morgan fingerprint density at radius 2 is 1.37 bits per heavy atom. The van der Waals surface area contributed by atoms with Crippen LogP contribution in [0.4, 0.5) is 0 Å². The Bertz CT molecular complexity index is 2060. The first-order valence-corrected chi connectivity index (χ1v) is 12.2. The van der Waals surface area contributed by atoms with Crippen molar-refractivity contribution in [1.29, 1.82) is 0 Å². The second-order valence-electron chi connectivity index (χ2n) is 9.80. The van der Waals surface area contributed by atoms with Crippen LogP contribution in [0.2, 0.25) is 0 Å². The lowest BCUT2D eigenvalue weighted by Crippen LogP contribution is -1.95. The molecule has 0 radical (unpaired) electrons. The number of nitrogens with zero attached hydrogens (tertiary/aromatic N) is 3. The SMILES string of the molecule is c1ccc2c(c1)Cc1c-2ccc2c1Cc1c-2ccc2c1c1ccncc1n1c3ccccc3nc21. The fraction of sp³-hybridized carbons (Fsp3) is 0.0625. The molecule has 0 saturated carbocycles. The first kappa shape index (κ1) is 17.9. The highest BCUT2D eigenvalue weighted by Crippen LogP contribution is 2.49. The Morgan fingerprint density at radius 1 is 0.600 bits per heavy atom. The van der Waals surface area contributed by atoms with E-state index in [4.69, 9.17) is 4.98 Å². The van der Waals surface area contributed by atoms with Crippen LogP contribution in [-0.2, 0) is 12.8 Å². The van der Waals surface area contributed by atoms with Gasteiger partial charge in [0.15, 0.2) is 0 Å². The summed E-state index contributed by atoms with van der Waals surface area (Å²) in [6.07, 6.45) is 5.91. The Morgan fingerprint density at radius 3 is 2.34 bits per heavy atom. The number of pyridine rings is 2. The van der Waals surface area contributed by atoms with Gasteiger partial charge in [-0.15, -0.1) is 0 Å². The number of hydrogen-bond acceptors (Lipinski definition) is 2. The third-order valence-corrected chi connectivity index (χ3v) is 8.17. The third-order valence-electron chi connectivity index (χ3n) is 8.17. The van der Waals surface area contributed by atoms with E-state index in [0.29, 0.717) is 0 Å². The van der Waals surface area contributed by atoms with Gasteiger partial charge in [-0.05, 0) is 87.0 Å². The summed E-state index contributed by atoms with van der Waals surface area (Å²) in [6.45, 7) is 0. The quantitative estimate of drug-likeness (QED) is 0.229. The fourth-order valence-corrected chi connectivity index (χ4v) is 6.71. The highest BCUT2D eigenvalue weighted by molar-refractivity contribution is 6.17. The average Bonchev–Trinajstić information content (AvgIpc) is 3.59. The summed E-state index contributed by atoms with van der Waals surface area (Å²) in [7, 11) is 0. The first-order valence-electron chi connectivity index (χ1n) is 12.2. The predicted molar refractivity (Wildman–Crippen MR) is 142 cm³/mol. The summed E-state index contributed by atoms with van der Waals surface area (Å²) in [5.74, 6) is 0. The van der Waals surface area contributed by atoms with Crippen molar-refractivity contribution in [2.75, 3.05) is 0 Å². The standard InChI is InChI=1S/C32H19N3/c1-2-6-19-18(5-1)15-25-20(19)9-10-21-22-11-12-24-31(27(22)16-26(21)25)23-13-14-33-17-30(23)35-29-8-4-3-7-28(29)34-32(24)35/h1-14,17H,15-16H2. The molecule has 0 fully saturated rings. The lowest BCUT2D eigenvalue weighted by Gasteiger charge is -2.12. The molecule has 35 heavy (non-hydrogen) atoms. The molecule has 4 aromatic carbocycles. The maximum absolute atomic E-state index is 5.09. The van der Waals surface area contributed by atoms with E-state index >= 15 is 0 Å². The van der Waals surface area contributed by atoms with E-state index in [1.54, 1.807) is 0 Å². The largest absolute Gasteiger partial charge is 0.290 e. The van der Waals surface area contributed by atoms with Crippen LogP contribution in [0.3, 0.4) is 0 Å². The fourth-order valence-electron chi connectivity index (χ4n) is 6.71. The first-order chi connectivity index (χ1) is 17.4. The van der Waals surface area contributed by atoms with Crippen LogP contribution >= 0.6 is 0 Å². The molecule has 3 aromatic heterocycles. The van der Waals surface area contributed by atoms with Gasteiger partial charge in [0.1, 0.15) is 5.65 Å². The summed E-state index contributed by atoms with van der Waals surface area (Å²) >= 11 is 0. The minimum absolute atomic E-state index is 0.965. The summed E-state index contributed by atoms with van der Waals surface area (Å²) in [4.78, 5) is 9.60. The molecule has 3 heteroatoms. The van der Waals surface area contributed by atoms with E-state index in [1.165, 1.54) is 60.7 Å². The van der Waals surface area contributed by atoms with Crippen LogP contribution in [0.15, 0.2) is 91.3 Å². The van der Waals surface area contributed by atoms with Gasteiger partial charge < -0.3 is 0 Å². The van der Waals surface area contributed by atoms with E-state index in [2.05, 4.69) is 88.2 Å². The summed E-state index contributed by atoms with van der Waals surface area (Å²) in [6, 6.07) is 28.7. The van der Waals surface area contributed by atoms with E-state index in [9.17, 15) is 0 Å². The van der Waals surface area contributed by atoms with Gasteiger partial charge in [0, 0.05) is 17.0 Å². The van der Waals surface area contributed by atoms with Crippen molar-refractivity contribution in [3.63, 3.8) is 0 Å². The zero-order chi connectivity index (χ0) is 22.7. The maximum atomic E-state index is 5.09. The minimum atomic E-state index is 0.965. The summed E-state index contributed by atoms with van der Waals surface area (Å²) < 4.78 is 2.28. The molecule has 162 valence electrons. The number of imidazole rings is 1. The monoisotopic (exact) mass is 445 g/mol. The van der Waals surface area contributed by atoms with Gasteiger partial charge in [-0.1, -0.05) is 54.6 Å². The number of para-hydroxylation sites is 2. The number of rotatable bonds is 0. The maximum Gasteiger partial charge on any atom is 0.146 e. The molecule has 0 aliphatic heterocycles. The zero-order valence-corrected chi connectivity index (χ0v) is 18.9. The number of hydrogen-bond donors (Lipinski definition) is 0. The van der Waals surface area contributed by atoms with Crippen LogP contribution in [0.5, 0.6) is 0 Å². The molecule has 0 atom stereocenters. The predicted octanol–water partition coefficient (Wildman–Crippen LogP) is 7.33. The Hall–Kier alpha value is -4.50. The van der Waals surface area contributed by atoms with Crippen LogP contribution in [0.25, 0.3) is 60.6 Å². The van der Waals surface area contributed by atoms with Gasteiger partial charge >= 0.3 is 0 Å². The van der Waals surface area contributed by atoms with Crippen molar-refractivity contribution < 1.29 is 0 Å². The molecule has 9 rings (SSSR count). The lowest BCUT2D eigenvalue weighted by molar-refractivity contribution is 1.17. The third kappa shape index (κ3) is 2.12. The molecule has 0 spiro atoms. The van der Waals surface area contributed by atoms with Gasteiger partial charge in [0.25, 0.3) is 0 Å². The molecule has 3 heterocycles. The molecular formula is C32H19N3. The molecule has 0 bridgehead atoms. The number of fused-ring (bicyclic) bond motifs is 16. The molecular weight excluding hydrogens is 426 g/mol.